The zero-order chi connectivity index (χ0) is 14.8. The molecule has 5 nitrogen and oxygen atoms in total. The van der Waals surface area contributed by atoms with Crippen LogP contribution >= 0.6 is 11.8 Å². The van der Waals surface area contributed by atoms with Crippen molar-refractivity contribution in [2.45, 2.75) is 9.79 Å². The van der Waals surface area contributed by atoms with Crippen molar-refractivity contribution in [2.24, 2.45) is 5.14 Å². The zero-order valence-corrected chi connectivity index (χ0v) is 12.5. The molecule has 2 aromatic rings. The number of thioether (sulfide) groups is 1. The maximum Gasteiger partial charge on any atom is 0.240 e. The third-order valence-electron chi connectivity index (χ3n) is 2.67. The number of nitrogens with two attached hydrogens (primary N) is 2. The molecule has 0 saturated carbocycles. The minimum atomic E-state index is -3.79. The van der Waals surface area contributed by atoms with E-state index < -0.39 is 10.0 Å². The molecular formula is C13H15N3O2S2. The van der Waals surface area contributed by atoms with Crippen LogP contribution in [0.1, 0.15) is 0 Å². The van der Waals surface area contributed by atoms with Gasteiger partial charge in [-0.05, 0) is 42.7 Å². The van der Waals surface area contributed by atoms with Crippen LogP contribution < -0.4 is 16.2 Å². The van der Waals surface area contributed by atoms with E-state index in [4.69, 9.17) is 10.9 Å². The molecule has 0 aromatic heterocycles. The van der Waals surface area contributed by atoms with Crippen molar-refractivity contribution in [1.29, 1.82) is 0 Å². The second-order valence-corrected chi connectivity index (χ2v) is 6.56. The van der Waals surface area contributed by atoms with Crippen LogP contribution in [0.4, 0.5) is 17.1 Å². The smallest absolute Gasteiger partial charge is 0.240 e. The first-order chi connectivity index (χ1) is 9.40. The molecule has 0 spiro atoms. The maximum atomic E-state index is 11.3. The second kappa shape index (κ2) is 5.74. The molecule has 2 aromatic carbocycles. The number of nitrogens with one attached hydrogen (secondary N) is 1. The summed E-state index contributed by atoms with van der Waals surface area (Å²) in [6.07, 6.45) is 2.00. The molecule has 0 saturated heterocycles. The maximum absolute atomic E-state index is 11.3. The van der Waals surface area contributed by atoms with E-state index in [0.717, 1.165) is 10.6 Å². The summed E-state index contributed by atoms with van der Waals surface area (Å²) in [7, 11) is -3.79. The first-order valence-corrected chi connectivity index (χ1v) is 8.50. The van der Waals surface area contributed by atoms with Gasteiger partial charge in [0.2, 0.25) is 10.0 Å². The third-order valence-corrected chi connectivity index (χ3v) is 4.38. The van der Waals surface area contributed by atoms with Gasteiger partial charge in [-0.2, -0.15) is 0 Å². The van der Waals surface area contributed by atoms with Crippen LogP contribution in [0.3, 0.4) is 0 Å². The fourth-order valence-electron chi connectivity index (χ4n) is 1.75. The summed E-state index contributed by atoms with van der Waals surface area (Å²) >= 11 is 1.64. The van der Waals surface area contributed by atoms with E-state index >= 15 is 0 Å². The van der Waals surface area contributed by atoms with Crippen LogP contribution in [-0.2, 0) is 10.0 Å². The van der Waals surface area contributed by atoms with Crippen LogP contribution in [0.2, 0.25) is 0 Å². The van der Waals surface area contributed by atoms with Gasteiger partial charge in [-0.1, -0.05) is 6.07 Å². The summed E-state index contributed by atoms with van der Waals surface area (Å²) in [5, 5.41) is 8.24. The highest BCUT2D eigenvalue weighted by atomic mass is 32.2. The van der Waals surface area contributed by atoms with Crippen molar-refractivity contribution in [3.05, 3.63) is 42.5 Å². The Labute approximate surface area is 122 Å². The van der Waals surface area contributed by atoms with Gasteiger partial charge in [0.15, 0.2) is 0 Å². The zero-order valence-electron chi connectivity index (χ0n) is 10.8. The van der Waals surface area contributed by atoms with Crippen molar-refractivity contribution in [1.82, 2.24) is 0 Å². The lowest BCUT2D eigenvalue weighted by Crippen LogP contribution is -2.14. The molecular weight excluding hydrogens is 294 g/mol. The molecule has 0 unspecified atom stereocenters. The monoisotopic (exact) mass is 309 g/mol. The molecule has 7 heteroatoms. The molecule has 0 aliphatic heterocycles. The Balaban J connectivity index is 2.29. The summed E-state index contributed by atoms with van der Waals surface area (Å²) in [6.45, 7) is 0. The summed E-state index contributed by atoms with van der Waals surface area (Å²) in [4.78, 5) is 1.06. The quantitative estimate of drug-likeness (QED) is 0.595. The number of primary sulfonamides is 1. The van der Waals surface area contributed by atoms with E-state index in [9.17, 15) is 8.42 Å². The summed E-state index contributed by atoms with van der Waals surface area (Å²) < 4.78 is 22.6. The van der Waals surface area contributed by atoms with Gasteiger partial charge in [0.05, 0.1) is 5.69 Å². The highest BCUT2D eigenvalue weighted by Crippen LogP contribution is 2.26. The number of rotatable bonds is 4. The number of nitrogen functional groups attached to an aromatic ring is 1. The standard InChI is InChI=1S/C13H15N3O2S2/c1-19-11-4-2-3-9(7-11)16-10-5-6-13(12(14)8-10)20(15,17)18/h2-8,16H,14H2,1H3,(H2,15,17,18). The fourth-order valence-corrected chi connectivity index (χ4v) is 2.86. The molecule has 0 radical (unpaired) electrons. The van der Waals surface area contributed by atoms with Gasteiger partial charge in [0, 0.05) is 16.3 Å². The first kappa shape index (κ1) is 14.7. The average Bonchev–Trinajstić information content (AvgIpc) is 2.37. The minimum absolute atomic E-state index is 0.0686. The SMILES string of the molecule is CSc1cccc(Nc2ccc(S(N)(=O)=O)c(N)c2)c1. The van der Waals surface area contributed by atoms with Crippen LogP contribution in [-0.4, -0.2) is 14.7 Å². The van der Waals surface area contributed by atoms with Gasteiger partial charge < -0.3 is 11.1 Å². The van der Waals surface area contributed by atoms with Gasteiger partial charge in [-0.15, -0.1) is 11.8 Å². The Morgan fingerprint density at radius 3 is 2.40 bits per heavy atom. The predicted octanol–water partition coefficient (Wildman–Crippen LogP) is 2.38. The summed E-state index contributed by atoms with van der Waals surface area (Å²) in [5.74, 6) is 0. The molecule has 20 heavy (non-hydrogen) atoms. The largest absolute Gasteiger partial charge is 0.398 e. The van der Waals surface area contributed by atoms with E-state index in [0.29, 0.717) is 5.69 Å². The highest BCUT2D eigenvalue weighted by molar-refractivity contribution is 7.98. The predicted molar refractivity (Wildman–Crippen MR) is 83.7 cm³/mol. The lowest BCUT2D eigenvalue weighted by Gasteiger charge is -2.10. The van der Waals surface area contributed by atoms with Gasteiger partial charge in [-0.25, -0.2) is 13.6 Å². The van der Waals surface area contributed by atoms with Gasteiger partial charge in [-0.3, -0.25) is 0 Å². The van der Waals surface area contributed by atoms with Gasteiger partial charge in [0.1, 0.15) is 4.90 Å². The van der Waals surface area contributed by atoms with E-state index in [1.165, 1.54) is 6.07 Å². The van der Waals surface area contributed by atoms with Crippen LogP contribution in [0.15, 0.2) is 52.3 Å². The van der Waals surface area contributed by atoms with Gasteiger partial charge in [0.25, 0.3) is 0 Å². The molecule has 2 rings (SSSR count). The minimum Gasteiger partial charge on any atom is -0.398 e. The van der Waals surface area contributed by atoms with Crippen molar-refractivity contribution < 1.29 is 8.42 Å². The van der Waals surface area contributed by atoms with Crippen molar-refractivity contribution in [3.8, 4) is 0 Å². The second-order valence-electron chi connectivity index (χ2n) is 4.15. The molecule has 0 aliphatic carbocycles. The Kier molecular flexibility index (Phi) is 4.22. The molecule has 0 atom stereocenters. The molecule has 0 aliphatic rings. The number of anilines is 3. The normalized spacial score (nSPS) is 11.3. The van der Waals surface area contributed by atoms with Crippen LogP contribution in [0.25, 0.3) is 0 Å². The highest BCUT2D eigenvalue weighted by Gasteiger charge is 2.12. The van der Waals surface area contributed by atoms with Crippen molar-refractivity contribution >= 4 is 38.8 Å². The molecule has 0 heterocycles. The van der Waals surface area contributed by atoms with E-state index in [1.807, 2.05) is 30.5 Å². The molecule has 0 bridgehead atoms. The van der Waals surface area contributed by atoms with Gasteiger partial charge >= 0.3 is 0 Å². The molecule has 106 valence electrons. The lowest BCUT2D eigenvalue weighted by molar-refractivity contribution is 0.598. The fraction of sp³-hybridized carbons (Fsp3) is 0.0769. The van der Waals surface area contributed by atoms with Crippen molar-refractivity contribution in [3.63, 3.8) is 0 Å². The van der Waals surface area contributed by atoms with Crippen molar-refractivity contribution in [2.75, 3.05) is 17.3 Å². The number of sulfonamides is 1. The topological polar surface area (TPSA) is 98.2 Å². The van der Waals surface area contributed by atoms with Crippen LogP contribution in [0.5, 0.6) is 0 Å². The summed E-state index contributed by atoms with van der Waals surface area (Å²) in [6, 6.07) is 12.4. The number of hydrogen-bond donors (Lipinski definition) is 3. The first-order valence-electron chi connectivity index (χ1n) is 5.73. The lowest BCUT2D eigenvalue weighted by atomic mass is 10.2. The van der Waals surface area contributed by atoms with E-state index in [2.05, 4.69) is 5.32 Å². The summed E-state index contributed by atoms with van der Waals surface area (Å²) in [5.41, 5.74) is 7.44. The van der Waals surface area contributed by atoms with E-state index in [1.54, 1.807) is 23.9 Å². The Bertz CT molecular complexity index is 730. The van der Waals surface area contributed by atoms with Crippen LogP contribution in [0, 0.1) is 0 Å². The number of benzene rings is 2. The molecule has 0 amide bonds. The average molecular weight is 309 g/mol. The Hall–Kier alpha value is -1.70. The molecule has 5 N–H and O–H groups in total. The third kappa shape index (κ3) is 3.44. The Morgan fingerprint density at radius 2 is 1.80 bits per heavy atom. The molecule has 0 fully saturated rings. The van der Waals surface area contributed by atoms with E-state index in [-0.39, 0.29) is 10.6 Å². The Morgan fingerprint density at radius 1 is 1.10 bits per heavy atom. The number of hydrogen-bond acceptors (Lipinski definition) is 5.